The van der Waals surface area contributed by atoms with Gasteiger partial charge >= 0.3 is 12.1 Å². The molecule has 0 aliphatic rings. The van der Waals surface area contributed by atoms with Crippen LogP contribution in [0.5, 0.6) is 0 Å². The van der Waals surface area contributed by atoms with Crippen LogP contribution >= 0.6 is 11.8 Å². The number of alkyl carbamates (subject to hydrolysis) is 1. The summed E-state index contributed by atoms with van der Waals surface area (Å²) in [4.78, 5) is 23.3. The van der Waals surface area contributed by atoms with E-state index >= 15 is 0 Å². The minimum absolute atomic E-state index is 0.411. The summed E-state index contributed by atoms with van der Waals surface area (Å²) in [5, 5.41) is 4.48. The van der Waals surface area contributed by atoms with E-state index in [1.807, 2.05) is 5.41 Å². The van der Waals surface area contributed by atoms with Crippen LogP contribution in [0.3, 0.4) is 0 Å². The highest BCUT2D eigenvalue weighted by Crippen LogP contribution is 2.10. The Bertz CT molecular complexity index is 350. The zero-order valence-corrected chi connectivity index (χ0v) is 14.4. The third-order valence-corrected chi connectivity index (χ3v) is 3.27. The van der Waals surface area contributed by atoms with Crippen LogP contribution in [0.1, 0.15) is 47.0 Å². The second-order valence-electron chi connectivity index (χ2n) is 5.57. The van der Waals surface area contributed by atoms with Crippen molar-refractivity contribution >= 4 is 23.8 Å². The molecule has 0 aliphatic heterocycles. The van der Waals surface area contributed by atoms with Gasteiger partial charge in [-0.15, -0.1) is 11.8 Å². The van der Waals surface area contributed by atoms with E-state index in [2.05, 4.69) is 18.3 Å². The molecule has 0 rings (SSSR count). The third kappa shape index (κ3) is 11.2. The van der Waals surface area contributed by atoms with Gasteiger partial charge < -0.3 is 14.8 Å². The molecule has 0 aromatic heterocycles. The van der Waals surface area contributed by atoms with Gasteiger partial charge in [-0.3, -0.25) is 0 Å². The van der Waals surface area contributed by atoms with E-state index in [4.69, 9.17) is 9.47 Å². The Hall–Kier alpha value is -1.17. The number of unbranched alkanes of at least 4 members (excludes halogenated alkanes) is 2. The summed E-state index contributed by atoms with van der Waals surface area (Å²) in [5.74, 6) is -0.0653. The zero-order chi connectivity index (χ0) is 16.3. The predicted molar refractivity (Wildman–Crippen MR) is 86.3 cm³/mol. The predicted octanol–water partition coefficient (Wildman–Crippen LogP) is 3.49. The van der Waals surface area contributed by atoms with E-state index in [0.29, 0.717) is 5.75 Å². The van der Waals surface area contributed by atoms with Gasteiger partial charge in [0, 0.05) is 5.75 Å². The smallest absolute Gasteiger partial charge is 0.408 e. The minimum Gasteiger partial charge on any atom is -0.467 e. The van der Waals surface area contributed by atoms with E-state index in [1.54, 1.807) is 20.8 Å². The Labute approximate surface area is 131 Å². The molecular formula is C15H27NO4S. The van der Waals surface area contributed by atoms with Gasteiger partial charge in [0.25, 0.3) is 0 Å². The van der Waals surface area contributed by atoms with Crippen LogP contribution < -0.4 is 5.32 Å². The molecule has 0 heterocycles. The molecule has 0 saturated heterocycles. The highest BCUT2D eigenvalue weighted by Gasteiger charge is 2.24. The first-order valence-electron chi connectivity index (χ1n) is 7.14. The average molecular weight is 317 g/mol. The molecule has 1 atom stereocenters. The molecule has 1 N–H and O–H groups in total. The highest BCUT2D eigenvalue weighted by molar-refractivity contribution is 8.02. The molecule has 0 fully saturated rings. The number of hydrogen-bond donors (Lipinski definition) is 1. The van der Waals surface area contributed by atoms with Crippen molar-refractivity contribution in [3.8, 4) is 0 Å². The van der Waals surface area contributed by atoms with Crippen molar-refractivity contribution in [1.29, 1.82) is 0 Å². The SMILES string of the molecule is CCCC/C=C/SC[C@H](NC(=O)OC(C)(C)C)C(=O)OC. The monoisotopic (exact) mass is 317 g/mol. The summed E-state index contributed by atoms with van der Waals surface area (Å²) >= 11 is 1.46. The van der Waals surface area contributed by atoms with E-state index < -0.39 is 23.7 Å². The lowest BCUT2D eigenvalue weighted by atomic mass is 10.2. The van der Waals surface area contributed by atoms with Crippen molar-refractivity contribution in [2.75, 3.05) is 12.9 Å². The van der Waals surface area contributed by atoms with Gasteiger partial charge in [0.05, 0.1) is 7.11 Å². The third-order valence-electron chi connectivity index (χ3n) is 2.36. The number of rotatable bonds is 8. The number of carbonyl (C=O) groups is 2. The number of nitrogens with one attached hydrogen (secondary N) is 1. The highest BCUT2D eigenvalue weighted by atomic mass is 32.2. The summed E-state index contributed by atoms with van der Waals surface area (Å²) in [6.45, 7) is 7.44. The number of carbonyl (C=O) groups excluding carboxylic acids is 2. The number of amides is 1. The minimum atomic E-state index is -0.717. The molecule has 0 bridgehead atoms. The van der Waals surface area contributed by atoms with Crippen LogP contribution in [0, 0.1) is 0 Å². The van der Waals surface area contributed by atoms with Crippen LogP contribution in [-0.4, -0.2) is 36.6 Å². The maximum Gasteiger partial charge on any atom is 0.408 e. The standard InChI is InChI=1S/C15H27NO4S/c1-6-7-8-9-10-21-11-12(13(17)19-5)16-14(18)20-15(2,3)4/h9-10,12H,6-8,11H2,1-5H3,(H,16,18)/b10-9+/t12-/m0/s1. The molecule has 1 amide bonds. The van der Waals surface area contributed by atoms with E-state index in [0.717, 1.165) is 19.3 Å². The summed E-state index contributed by atoms with van der Waals surface area (Å²) in [6, 6.07) is -0.717. The Morgan fingerprint density at radius 1 is 1.33 bits per heavy atom. The number of hydrogen-bond acceptors (Lipinski definition) is 5. The van der Waals surface area contributed by atoms with Crippen molar-refractivity contribution in [1.82, 2.24) is 5.32 Å². The molecule has 6 heteroatoms. The fraction of sp³-hybridized carbons (Fsp3) is 0.733. The largest absolute Gasteiger partial charge is 0.467 e. The molecule has 0 spiro atoms. The van der Waals surface area contributed by atoms with Crippen molar-refractivity contribution < 1.29 is 19.1 Å². The molecule has 0 aromatic carbocycles. The van der Waals surface area contributed by atoms with E-state index in [9.17, 15) is 9.59 Å². The number of esters is 1. The lowest BCUT2D eigenvalue weighted by Gasteiger charge is -2.22. The van der Waals surface area contributed by atoms with Crippen molar-refractivity contribution in [3.63, 3.8) is 0 Å². The normalized spacial score (nSPS) is 13.0. The van der Waals surface area contributed by atoms with Gasteiger partial charge in [0.2, 0.25) is 0 Å². The number of ether oxygens (including phenoxy) is 2. The van der Waals surface area contributed by atoms with Crippen LogP contribution in [0.15, 0.2) is 11.5 Å². The van der Waals surface area contributed by atoms with Gasteiger partial charge in [0.1, 0.15) is 11.6 Å². The summed E-state index contributed by atoms with van der Waals surface area (Å²) in [7, 11) is 1.30. The Kier molecular flexibility index (Phi) is 9.95. The lowest BCUT2D eigenvalue weighted by Crippen LogP contribution is -2.45. The first kappa shape index (κ1) is 19.8. The summed E-state index contributed by atoms with van der Waals surface area (Å²) in [6.07, 6.45) is 4.77. The number of thioether (sulfide) groups is 1. The van der Waals surface area contributed by atoms with Gasteiger partial charge in [-0.1, -0.05) is 25.8 Å². The number of allylic oxidation sites excluding steroid dienone is 1. The second kappa shape index (κ2) is 10.5. The van der Waals surface area contributed by atoms with Gasteiger partial charge in [-0.2, -0.15) is 0 Å². The molecule has 5 nitrogen and oxygen atoms in total. The summed E-state index contributed by atoms with van der Waals surface area (Å²) < 4.78 is 9.83. The molecule has 122 valence electrons. The van der Waals surface area contributed by atoms with Crippen molar-refractivity contribution in [2.24, 2.45) is 0 Å². The second-order valence-corrected chi connectivity index (χ2v) is 6.51. The van der Waals surface area contributed by atoms with Crippen LogP contribution in [0.2, 0.25) is 0 Å². The van der Waals surface area contributed by atoms with Gasteiger partial charge in [-0.25, -0.2) is 9.59 Å². The topological polar surface area (TPSA) is 64.6 Å². The van der Waals surface area contributed by atoms with Crippen molar-refractivity contribution in [3.05, 3.63) is 11.5 Å². The van der Waals surface area contributed by atoms with E-state index in [1.165, 1.54) is 18.9 Å². The number of methoxy groups -OCH3 is 1. The molecule has 0 radical (unpaired) electrons. The van der Waals surface area contributed by atoms with E-state index in [-0.39, 0.29) is 0 Å². The first-order valence-corrected chi connectivity index (χ1v) is 8.19. The molecular weight excluding hydrogens is 290 g/mol. The molecule has 0 unspecified atom stereocenters. The Morgan fingerprint density at radius 3 is 2.52 bits per heavy atom. The molecule has 21 heavy (non-hydrogen) atoms. The molecule has 0 aliphatic carbocycles. The van der Waals surface area contributed by atoms with Gasteiger partial charge in [0.15, 0.2) is 0 Å². The average Bonchev–Trinajstić information content (AvgIpc) is 2.38. The Morgan fingerprint density at radius 2 is 2.00 bits per heavy atom. The fourth-order valence-electron chi connectivity index (χ4n) is 1.37. The van der Waals surface area contributed by atoms with Crippen LogP contribution in [0.25, 0.3) is 0 Å². The maximum absolute atomic E-state index is 11.7. The van der Waals surface area contributed by atoms with Crippen LogP contribution in [0.4, 0.5) is 4.79 Å². The Balaban J connectivity index is 4.30. The maximum atomic E-state index is 11.7. The summed E-state index contributed by atoms with van der Waals surface area (Å²) in [5.41, 5.74) is -0.599. The first-order chi connectivity index (χ1) is 9.80. The van der Waals surface area contributed by atoms with Gasteiger partial charge in [-0.05, 0) is 32.6 Å². The zero-order valence-electron chi connectivity index (χ0n) is 13.6. The fourth-order valence-corrected chi connectivity index (χ4v) is 2.17. The molecule has 0 saturated carbocycles. The quantitative estimate of drug-likeness (QED) is 0.548. The van der Waals surface area contributed by atoms with Crippen LogP contribution in [-0.2, 0) is 14.3 Å². The van der Waals surface area contributed by atoms with Crippen molar-refractivity contribution in [2.45, 2.75) is 58.6 Å². The lowest BCUT2D eigenvalue weighted by molar-refractivity contribution is -0.142. The molecule has 0 aromatic rings.